The smallest absolute Gasteiger partial charge is 0.0791 e. The van der Waals surface area contributed by atoms with Gasteiger partial charge in [0.25, 0.3) is 0 Å². The largest absolute Gasteiger partial charge is 0.388 e. The van der Waals surface area contributed by atoms with Crippen molar-refractivity contribution in [2.24, 2.45) is 0 Å². The number of piperazine rings is 1. The molecule has 94 valence electrons. The number of rotatable bonds is 5. The SMILES string of the molecule is OC(CCCN1CCNCC1)c1ccncc1. The predicted molar refractivity (Wildman–Crippen MR) is 67.7 cm³/mol. The van der Waals surface area contributed by atoms with E-state index in [9.17, 15) is 5.11 Å². The van der Waals surface area contributed by atoms with Crippen LogP contribution < -0.4 is 5.32 Å². The van der Waals surface area contributed by atoms with Gasteiger partial charge in [0.15, 0.2) is 0 Å². The highest BCUT2D eigenvalue weighted by Gasteiger charge is 2.11. The topological polar surface area (TPSA) is 48.4 Å². The van der Waals surface area contributed by atoms with Crippen LogP contribution >= 0.6 is 0 Å². The molecule has 17 heavy (non-hydrogen) atoms. The fourth-order valence-electron chi connectivity index (χ4n) is 2.20. The van der Waals surface area contributed by atoms with Crippen molar-refractivity contribution in [3.8, 4) is 0 Å². The number of nitrogens with zero attached hydrogens (tertiary/aromatic N) is 2. The number of hydrogen-bond acceptors (Lipinski definition) is 4. The van der Waals surface area contributed by atoms with Gasteiger partial charge in [0.2, 0.25) is 0 Å². The van der Waals surface area contributed by atoms with E-state index < -0.39 is 0 Å². The Labute approximate surface area is 103 Å². The Morgan fingerprint density at radius 1 is 1.29 bits per heavy atom. The summed E-state index contributed by atoms with van der Waals surface area (Å²) in [6, 6.07) is 3.77. The zero-order valence-corrected chi connectivity index (χ0v) is 10.2. The van der Waals surface area contributed by atoms with Crippen molar-refractivity contribution in [2.45, 2.75) is 18.9 Å². The quantitative estimate of drug-likeness (QED) is 0.792. The number of nitrogens with one attached hydrogen (secondary N) is 1. The molecular formula is C13H21N3O. The van der Waals surface area contributed by atoms with E-state index in [2.05, 4.69) is 15.2 Å². The van der Waals surface area contributed by atoms with Gasteiger partial charge >= 0.3 is 0 Å². The standard InChI is InChI=1S/C13H21N3O/c17-13(12-3-5-14-6-4-12)2-1-9-16-10-7-15-8-11-16/h3-6,13,15,17H,1-2,7-11H2. The first kappa shape index (κ1) is 12.5. The van der Waals surface area contributed by atoms with Crippen LogP contribution in [0.5, 0.6) is 0 Å². The van der Waals surface area contributed by atoms with E-state index in [0.29, 0.717) is 0 Å². The molecule has 0 aromatic carbocycles. The van der Waals surface area contributed by atoms with Crippen LogP contribution in [-0.2, 0) is 0 Å². The van der Waals surface area contributed by atoms with Crippen LogP contribution in [0.25, 0.3) is 0 Å². The molecule has 1 aromatic heterocycles. The van der Waals surface area contributed by atoms with Gasteiger partial charge in [-0.05, 0) is 37.1 Å². The zero-order valence-electron chi connectivity index (χ0n) is 10.2. The highest BCUT2D eigenvalue weighted by molar-refractivity contribution is 5.12. The van der Waals surface area contributed by atoms with Gasteiger partial charge in [0.1, 0.15) is 0 Å². The lowest BCUT2D eigenvalue weighted by atomic mass is 10.1. The maximum atomic E-state index is 9.99. The Kier molecular flexibility index (Phi) is 4.91. The Morgan fingerprint density at radius 3 is 2.71 bits per heavy atom. The summed E-state index contributed by atoms with van der Waals surface area (Å²) in [6.45, 7) is 5.53. The molecule has 0 aliphatic carbocycles. The third-order valence-electron chi connectivity index (χ3n) is 3.25. The van der Waals surface area contributed by atoms with E-state index in [4.69, 9.17) is 0 Å². The van der Waals surface area contributed by atoms with Crippen molar-refractivity contribution in [3.05, 3.63) is 30.1 Å². The molecular weight excluding hydrogens is 214 g/mol. The second-order valence-corrected chi connectivity index (χ2v) is 4.53. The van der Waals surface area contributed by atoms with E-state index in [1.54, 1.807) is 12.4 Å². The van der Waals surface area contributed by atoms with Crippen LogP contribution in [0.15, 0.2) is 24.5 Å². The number of hydrogen-bond donors (Lipinski definition) is 2. The number of aliphatic hydroxyl groups is 1. The second-order valence-electron chi connectivity index (χ2n) is 4.53. The number of pyridine rings is 1. The second kappa shape index (κ2) is 6.69. The monoisotopic (exact) mass is 235 g/mol. The summed E-state index contributed by atoms with van der Waals surface area (Å²) in [7, 11) is 0. The molecule has 0 amide bonds. The molecule has 1 aliphatic heterocycles. The number of aliphatic hydroxyl groups excluding tert-OH is 1. The van der Waals surface area contributed by atoms with E-state index in [1.165, 1.54) is 0 Å². The lowest BCUT2D eigenvalue weighted by Gasteiger charge is -2.27. The molecule has 0 spiro atoms. The van der Waals surface area contributed by atoms with Gasteiger partial charge < -0.3 is 15.3 Å². The normalized spacial score (nSPS) is 19.1. The van der Waals surface area contributed by atoms with E-state index in [1.807, 2.05) is 12.1 Å². The molecule has 1 fully saturated rings. The minimum absolute atomic E-state index is 0.346. The molecule has 4 heteroatoms. The molecule has 1 saturated heterocycles. The van der Waals surface area contributed by atoms with Crippen LogP contribution in [0.1, 0.15) is 24.5 Å². The lowest BCUT2D eigenvalue weighted by molar-refractivity contribution is 0.152. The molecule has 1 unspecified atom stereocenters. The minimum Gasteiger partial charge on any atom is -0.388 e. The van der Waals surface area contributed by atoms with Crippen LogP contribution in [0.3, 0.4) is 0 Å². The summed E-state index contributed by atoms with van der Waals surface area (Å²) < 4.78 is 0. The van der Waals surface area contributed by atoms with Gasteiger partial charge in [0.05, 0.1) is 6.10 Å². The Morgan fingerprint density at radius 2 is 2.00 bits per heavy atom. The first-order valence-electron chi connectivity index (χ1n) is 6.37. The minimum atomic E-state index is -0.346. The van der Waals surface area contributed by atoms with Crippen molar-refractivity contribution in [3.63, 3.8) is 0 Å². The number of aromatic nitrogens is 1. The van der Waals surface area contributed by atoms with Crippen molar-refractivity contribution in [2.75, 3.05) is 32.7 Å². The molecule has 0 bridgehead atoms. The summed E-state index contributed by atoms with van der Waals surface area (Å²) in [6.07, 6.45) is 4.99. The summed E-state index contributed by atoms with van der Waals surface area (Å²) >= 11 is 0. The van der Waals surface area contributed by atoms with Gasteiger partial charge in [0, 0.05) is 38.6 Å². The Balaban J connectivity index is 1.67. The summed E-state index contributed by atoms with van der Waals surface area (Å²) in [4.78, 5) is 6.41. The molecule has 1 aromatic rings. The molecule has 2 heterocycles. The maximum absolute atomic E-state index is 9.99. The van der Waals surface area contributed by atoms with Crippen LogP contribution in [-0.4, -0.2) is 47.7 Å². The van der Waals surface area contributed by atoms with E-state index >= 15 is 0 Å². The Hall–Kier alpha value is -0.970. The average Bonchev–Trinajstić information content (AvgIpc) is 2.41. The third-order valence-corrected chi connectivity index (χ3v) is 3.25. The molecule has 2 N–H and O–H groups in total. The first-order valence-corrected chi connectivity index (χ1v) is 6.37. The van der Waals surface area contributed by atoms with Gasteiger partial charge in [-0.25, -0.2) is 0 Å². The first-order chi connectivity index (χ1) is 8.36. The van der Waals surface area contributed by atoms with Crippen molar-refractivity contribution >= 4 is 0 Å². The summed E-state index contributed by atoms with van der Waals surface area (Å²) in [5.74, 6) is 0. The van der Waals surface area contributed by atoms with E-state index in [-0.39, 0.29) is 6.10 Å². The molecule has 0 radical (unpaired) electrons. The molecule has 1 aliphatic rings. The molecule has 2 rings (SSSR count). The van der Waals surface area contributed by atoms with Crippen molar-refractivity contribution in [1.29, 1.82) is 0 Å². The van der Waals surface area contributed by atoms with Crippen LogP contribution in [0.4, 0.5) is 0 Å². The average molecular weight is 235 g/mol. The van der Waals surface area contributed by atoms with Gasteiger partial charge in [-0.2, -0.15) is 0 Å². The van der Waals surface area contributed by atoms with Gasteiger partial charge in [-0.15, -0.1) is 0 Å². The lowest BCUT2D eigenvalue weighted by Crippen LogP contribution is -2.43. The fraction of sp³-hybridized carbons (Fsp3) is 0.615. The summed E-state index contributed by atoms with van der Waals surface area (Å²) in [5.41, 5.74) is 0.973. The van der Waals surface area contributed by atoms with Gasteiger partial charge in [-0.3, -0.25) is 4.98 Å². The Bertz CT molecular complexity index is 312. The zero-order chi connectivity index (χ0) is 11.9. The van der Waals surface area contributed by atoms with Crippen molar-refractivity contribution in [1.82, 2.24) is 15.2 Å². The van der Waals surface area contributed by atoms with Crippen LogP contribution in [0, 0.1) is 0 Å². The maximum Gasteiger partial charge on any atom is 0.0791 e. The fourth-order valence-corrected chi connectivity index (χ4v) is 2.20. The molecule has 4 nitrogen and oxygen atoms in total. The summed E-state index contributed by atoms with van der Waals surface area (Å²) in [5, 5.41) is 13.3. The van der Waals surface area contributed by atoms with Gasteiger partial charge in [-0.1, -0.05) is 0 Å². The highest BCUT2D eigenvalue weighted by atomic mass is 16.3. The van der Waals surface area contributed by atoms with Crippen LogP contribution in [0.2, 0.25) is 0 Å². The predicted octanol–water partition coefficient (Wildman–Crippen LogP) is 0.800. The molecule has 1 atom stereocenters. The highest BCUT2D eigenvalue weighted by Crippen LogP contribution is 2.17. The van der Waals surface area contributed by atoms with E-state index in [0.717, 1.165) is 51.1 Å². The van der Waals surface area contributed by atoms with Crippen molar-refractivity contribution < 1.29 is 5.11 Å². The third kappa shape index (κ3) is 4.07. The molecule has 0 saturated carbocycles.